The smallest absolute Gasteiger partial charge is 0.318 e. The minimum Gasteiger partial charge on any atom is -0.351 e. The molecule has 0 aromatic carbocycles. The predicted molar refractivity (Wildman–Crippen MR) is 57.1 cm³/mol. The summed E-state index contributed by atoms with van der Waals surface area (Å²) in [5, 5.41) is 2.08. The first-order chi connectivity index (χ1) is 6.97. The van der Waals surface area contributed by atoms with Gasteiger partial charge in [-0.1, -0.05) is 13.8 Å². The zero-order chi connectivity index (χ0) is 11.4. The van der Waals surface area contributed by atoms with E-state index in [0.29, 0.717) is 11.8 Å². The molecule has 1 fully saturated rings. The first-order valence-corrected chi connectivity index (χ1v) is 5.29. The van der Waals surface area contributed by atoms with Crippen molar-refractivity contribution in [1.82, 2.24) is 10.2 Å². The molecule has 0 aliphatic carbocycles. The fourth-order valence-corrected chi connectivity index (χ4v) is 2.30. The number of rotatable bonds is 2. The number of hydrogen-bond acceptors (Lipinski definition) is 3. The summed E-state index contributed by atoms with van der Waals surface area (Å²) in [5.41, 5.74) is 4.86. The van der Waals surface area contributed by atoms with Gasteiger partial charge in [0.2, 0.25) is 5.91 Å². The van der Waals surface area contributed by atoms with Crippen molar-refractivity contribution >= 4 is 11.9 Å². The van der Waals surface area contributed by atoms with Gasteiger partial charge in [-0.3, -0.25) is 15.0 Å². The van der Waals surface area contributed by atoms with Gasteiger partial charge in [-0.2, -0.15) is 0 Å². The van der Waals surface area contributed by atoms with E-state index in [9.17, 15) is 9.59 Å². The molecule has 2 atom stereocenters. The van der Waals surface area contributed by atoms with Gasteiger partial charge in [0.05, 0.1) is 6.54 Å². The monoisotopic (exact) mass is 213 g/mol. The van der Waals surface area contributed by atoms with Crippen molar-refractivity contribution in [3.63, 3.8) is 0 Å². The lowest BCUT2D eigenvalue weighted by Gasteiger charge is -2.34. The highest BCUT2D eigenvalue weighted by Crippen LogP contribution is 2.20. The van der Waals surface area contributed by atoms with E-state index in [-0.39, 0.29) is 12.5 Å². The van der Waals surface area contributed by atoms with Crippen LogP contribution in [0.15, 0.2) is 0 Å². The van der Waals surface area contributed by atoms with E-state index in [1.54, 1.807) is 0 Å². The summed E-state index contributed by atoms with van der Waals surface area (Å²) in [7, 11) is 0. The average Bonchev–Trinajstić information content (AvgIpc) is 1.98. The van der Waals surface area contributed by atoms with Gasteiger partial charge in [-0.25, -0.2) is 4.79 Å². The number of imide groups is 1. The van der Waals surface area contributed by atoms with Gasteiger partial charge in [0.25, 0.3) is 0 Å². The van der Waals surface area contributed by atoms with E-state index in [2.05, 4.69) is 24.1 Å². The maximum absolute atomic E-state index is 11.3. The van der Waals surface area contributed by atoms with Gasteiger partial charge in [0.1, 0.15) is 0 Å². The molecular weight excluding hydrogens is 194 g/mol. The van der Waals surface area contributed by atoms with Crippen LogP contribution in [-0.4, -0.2) is 36.5 Å². The van der Waals surface area contributed by atoms with Crippen LogP contribution in [0.5, 0.6) is 0 Å². The fourth-order valence-electron chi connectivity index (χ4n) is 2.30. The number of hydrogen-bond donors (Lipinski definition) is 2. The van der Waals surface area contributed by atoms with Crippen LogP contribution in [0.1, 0.15) is 20.3 Å². The molecule has 3 N–H and O–H groups in total. The van der Waals surface area contributed by atoms with Gasteiger partial charge in [-0.15, -0.1) is 0 Å². The number of amides is 3. The zero-order valence-corrected chi connectivity index (χ0v) is 9.32. The third kappa shape index (κ3) is 4.29. The number of primary amides is 1. The molecule has 1 heterocycles. The van der Waals surface area contributed by atoms with Crippen molar-refractivity contribution in [2.24, 2.45) is 17.6 Å². The maximum Gasteiger partial charge on any atom is 0.318 e. The molecule has 2 unspecified atom stereocenters. The van der Waals surface area contributed by atoms with E-state index >= 15 is 0 Å². The van der Waals surface area contributed by atoms with E-state index in [1.165, 1.54) is 6.42 Å². The second-order valence-corrected chi connectivity index (χ2v) is 4.55. The molecule has 5 nitrogen and oxygen atoms in total. The van der Waals surface area contributed by atoms with Crippen LogP contribution in [0.25, 0.3) is 0 Å². The van der Waals surface area contributed by atoms with Crippen molar-refractivity contribution in [3.8, 4) is 0 Å². The van der Waals surface area contributed by atoms with Crippen LogP contribution in [0, 0.1) is 11.8 Å². The molecule has 0 aromatic rings. The Balaban J connectivity index is 2.37. The Bertz CT molecular complexity index is 245. The molecule has 86 valence electrons. The van der Waals surface area contributed by atoms with E-state index in [1.807, 2.05) is 0 Å². The second kappa shape index (κ2) is 5.11. The third-order valence-electron chi connectivity index (χ3n) is 2.57. The summed E-state index contributed by atoms with van der Waals surface area (Å²) in [5.74, 6) is 0.897. The standard InChI is InChI=1S/C10H19N3O2/c1-7-3-8(2)5-13(4-7)6-9(14)12-10(11)15/h7-8H,3-6H2,1-2H3,(H3,11,12,14,15). The summed E-state index contributed by atoms with van der Waals surface area (Å²) in [4.78, 5) is 23.8. The minimum atomic E-state index is -0.780. The Morgan fingerprint density at radius 2 is 1.87 bits per heavy atom. The molecule has 0 bridgehead atoms. The number of nitrogens with two attached hydrogens (primary N) is 1. The van der Waals surface area contributed by atoms with Gasteiger partial charge < -0.3 is 5.73 Å². The highest BCUT2D eigenvalue weighted by molar-refractivity contribution is 5.94. The van der Waals surface area contributed by atoms with Crippen molar-refractivity contribution < 1.29 is 9.59 Å². The Morgan fingerprint density at radius 1 is 1.33 bits per heavy atom. The minimum absolute atomic E-state index is 0.262. The van der Waals surface area contributed by atoms with Crippen molar-refractivity contribution in [1.29, 1.82) is 0 Å². The van der Waals surface area contributed by atoms with E-state index < -0.39 is 6.03 Å². The molecule has 0 aromatic heterocycles. The quantitative estimate of drug-likeness (QED) is 0.686. The predicted octanol–water partition coefficient (Wildman–Crippen LogP) is 0.159. The van der Waals surface area contributed by atoms with Gasteiger partial charge in [0.15, 0.2) is 0 Å². The Labute approximate surface area is 90.0 Å². The Morgan fingerprint density at radius 3 is 2.33 bits per heavy atom. The topological polar surface area (TPSA) is 75.4 Å². The molecule has 1 aliphatic heterocycles. The lowest BCUT2D eigenvalue weighted by molar-refractivity contribution is -0.121. The SMILES string of the molecule is CC1CC(C)CN(CC(=O)NC(N)=O)C1. The van der Waals surface area contributed by atoms with Gasteiger partial charge >= 0.3 is 6.03 Å². The first kappa shape index (κ1) is 12.0. The van der Waals surface area contributed by atoms with Crippen LogP contribution >= 0.6 is 0 Å². The summed E-state index contributed by atoms with van der Waals surface area (Å²) >= 11 is 0. The number of nitrogens with one attached hydrogen (secondary N) is 1. The summed E-state index contributed by atoms with van der Waals surface area (Å²) in [6, 6.07) is -0.780. The lowest BCUT2D eigenvalue weighted by Crippen LogP contribution is -2.46. The van der Waals surface area contributed by atoms with E-state index in [4.69, 9.17) is 5.73 Å². The highest BCUT2D eigenvalue weighted by Gasteiger charge is 2.23. The molecule has 1 aliphatic rings. The van der Waals surface area contributed by atoms with Crippen molar-refractivity contribution in [3.05, 3.63) is 0 Å². The fraction of sp³-hybridized carbons (Fsp3) is 0.800. The van der Waals surface area contributed by atoms with E-state index in [0.717, 1.165) is 13.1 Å². The van der Waals surface area contributed by atoms with Crippen LogP contribution in [-0.2, 0) is 4.79 Å². The Hall–Kier alpha value is -1.10. The van der Waals surface area contributed by atoms with Crippen LogP contribution < -0.4 is 11.1 Å². The van der Waals surface area contributed by atoms with Crippen molar-refractivity contribution in [2.45, 2.75) is 20.3 Å². The normalized spacial score (nSPS) is 27.3. The van der Waals surface area contributed by atoms with Crippen LogP contribution in [0.4, 0.5) is 4.79 Å². The van der Waals surface area contributed by atoms with Crippen LogP contribution in [0.2, 0.25) is 0 Å². The Kier molecular flexibility index (Phi) is 4.08. The largest absolute Gasteiger partial charge is 0.351 e. The highest BCUT2D eigenvalue weighted by atomic mass is 16.2. The first-order valence-electron chi connectivity index (χ1n) is 5.29. The molecule has 1 rings (SSSR count). The number of carbonyl (C=O) groups is 2. The maximum atomic E-state index is 11.3. The number of nitrogens with zero attached hydrogens (tertiary/aromatic N) is 1. The van der Waals surface area contributed by atoms with Gasteiger partial charge in [-0.05, 0) is 18.3 Å². The molecule has 3 amide bonds. The molecule has 0 radical (unpaired) electrons. The number of piperidine rings is 1. The zero-order valence-electron chi connectivity index (χ0n) is 9.32. The summed E-state index contributed by atoms with van der Waals surface area (Å²) < 4.78 is 0. The lowest BCUT2D eigenvalue weighted by atomic mass is 9.92. The number of likely N-dealkylation sites (tertiary alicyclic amines) is 1. The molecular formula is C10H19N3O2. The van der Waals surface area contributed by atoms with Gasteiger partial charge in [0, 0.05) is 13.1 Å². The number of urea groups is 1. The second-order valence-electron chi connectivity index (χ2n) is 4.55. The molecule has 15 heavy (non-hydrogen) atoms. The summed E-state index contributed by atoms with van der Waals surface area (Å²) in [6.07, 6.45) is 1.20. The van der Waals surface area contributed by atoms with Crippen molar-refractivity contribution in [2.75, 3.05) is 19.6 Å². The van der Waals surface area contributed by atoms with Crippen LogP contribution in [0.3, 0.4) is 0 Å². The number of carbonyl (C=O) groups excluding carboxylic acids is 2. The molecule has 1 saturated heterocycles. The molecule has 0 spiro atoms. The third-order valence-corrected chi connectivity index (χ3v) is 2.57. The molecule has 5 heteroatoms. The summed E-state index contributed by atoms with van der Waals surface area (Å²) in [6.45, 7) is 6.44. The molecule has 0 saturated carbocycles. The average molecular weight is 213 g/mol.